The molecule has 0 saturated carbocycles. The summed E-state index contributed by atoms with van der Waals surface area (Å²) in [5.74, 6) is -0.172. The third-order valence-corrected chi connectivity index (χ3v) is 5.90. The molecule has 9 heteroatoms. The molecule has 1 aromatic heterocycles. The van der Waals surface area contributed by atoms with E-state index < -0.39 is 10.0 Å². The van der Waals surface area contributed by atoms with Crippen LogP contribution in [0.5, 0.6) is 0 Å². The molecule has 1 amide bonds. The average molecular weight is 366 g/mol. The standard InChI is InChI=1S/C16H22N4O4S/c1-3-19-13-6-4-5-7-14(13)20(16(19)22)12-15(21)17-8-10-18(11-9-17)25(2,23)24/h4-7H,3,8-12H2,1-2H3. The second kappa shape index (κ2) is 6.64. The van der Waals surface area contributed by atoms with Gasteiger partial charge >= 0.3 is 5.69 Å². The summed E-state index contributed by atoms with van der Waals surface area (Å²) in [6, 6.07) is 7.40. The van der Waals surface area contributed by atoms with Gasteiger partial charge in [-0.25, -0.2) is 13.2 Å². The van der Waals surface area contributed by atoms with E-state index in [0.717, 1.165) is 11.0 Å². The Bertz CT molecular complexity index is 952. The van der Waals surface area contributed by atoms with Crippen LogP contribution < -0.4 is 5.69 Å². The highest BCUT2D eigenvalue weighted by Crippen LogP contribution is 2.13. The number of carbonyl (C=O) groups is 1. The van der Waals surface area contributed by atoms with E-state index >= 15 is 0 Å². The number of imidazole rings is 1. The average Bonchev–Trinajstić information content (AvgIpc) is 2.86. The molecule has 1 aliphatic heterocycles. The fourth-order valence-electron chi connectivity index (χ4n) is 3.24. The monoisotopic (exact) mass is 366 g/mol. The van der Waals surface area contributed by atoms with Crippen molar-refractivity contribution in [1.29, 1.82) is 0 Å². The molecule has 0 atom stereocenters. The topological polar surface area (TPSA) is 84.6 Å². The van der Waals surface area contributed by atoms with Crippen LogP contribution in [-0.2, 0) is 27.9 Å². The van der Waals surface area contributed by atoms with Gasteiger partial charge in [-0.3, -0.25) is 13.9 Å². The molecular formula is C16H22N4O4S. The maximum Gasteiger partial charge on any atom is 0.329 e. The van der Waals surface area contributed by atoms with Crippen LogP contribution in [-0.4, -0.2) is 65.1 Å². The van der Waals surface area contributed by atoms with Gasteiger partial charge < -0.3 is 4.90 Å². The highest BCUT2D eigenvalue weighted by molar-refractivity contribution is 7.88. The van der Waals surface area contributed by atoms with E-state index in [1.54, 1.807) is 9.47 Å². The Hall–Kier alpha value is -2.13. The normalized spacial score (nSPS) is 16.5. The Kier molecular flexibility index (Phi) is 4.70. The molecule has 3 rings (SSSR count). The number of fused-ring (bicyclic) bond motifs is 1. The molecule has 136 valence electrons. The van der Waals surface area contributed by atoms with Crippen LogP contribution in [0, 0.1) is 0 Å². The van der Waals surface area contributed by atoms with Gasteiger partial charge in [0.15, 0.2) is 0 Å². The van der Waals surface area contributed by atoms with E-state index in [0.29, 0.717) is 19.6 Å². The molecule has 0 spiro atoms. The molecule has 1 saturated heterocycles. The zero-order chi connectivity index (χ0) is 18.2. The molecule has 0 aliphatic carbocycles. The van der Waals surface area contributed by atoms with Gasteiger partial charge in [-0.15, -0.1) is 0 Å². The first-order chi connectivity index (χ1) is 11.8. The minimum atomic E-state index is -3.23. The number of sulfonamides is 1. The van der Waals surface area contributed by atoms with Crippen molar-refractivity contribution in [1.82, 2.24) is 18.3 Å². The zero-order valence-electron chi connectivity index (χ0n) is 14.4. The Morgan fingerprint density at radius 1 is 1.04 bits per heavy atom. The van der Waals surface area contributed by atoms with Crippen LogP contribution in [0.3, 0.4) is 0 Å². The lowest BCUT2D eigenvalue weighted by atomic mass is 10.3. The van der Waals surface area contributed by atoms with E-state index in [2.05, 4.69) is 0 Å². The zero-order valence-corrected chi connectivity index (χ0v) is 15.2. The first kappa shape index (κ1) is 17.7. The highest BCUT2D eigenvalue weighted by atomic mass is 32.2. The summed E-state index contributed by atoms with van der Waals surface area (Å²) in [6.07, 6.45) is 1.17. The Balaban J connectivity index is 1.80. The summed E-state index contributed by atoms with van der Waals surface area (Å²) < 4.78 is 27.6. The molecule has 0 radical (unpaired) electrons. The summed E-state index contributed by atoms with van der Waals surface area (Å²) in [7, 11) is -3.23. The Labute approximate surface area is 146 Å². The molecule has 2 heterocycles. The fourth-order valence-corrected chi connectivity index (χ4v) is 4.06. The van der Waals surface area contributed by atoms with Crippen molar-refractivity contribution in [3.05, 3.63) is 34.7 Å². The molecular weight excluding hydrogens is 344 g/mol. The molecule has 0 unspecified atom stereocenters. The Morgan fingerprint density at radius 2 is 1.60 bits per heavy atom. The summed E-state index contributed by atoms with van der Waals surface area (Å²) >= 11 is 0. The summed E-state index contributed by atoms with van der Waals surface area (Å²) in [5, 5.41) is 0. The number of aromatic nitrogens is 2. The SMILES string of the molecule is CCn1c(=O)n(CC(=O)N2CCN(S(C)(=O)=O)CC2)c2ccccc21. The first-order valence-electron chi connectivity index (χ1n) is 8.24. The van der Waals surface area contributed by atoms with Gasteiger partial charge in [0.25, 0.3) is 0 Å². The van der Waals surface area contributed by atoms with Gasteiger partial charge in [-0.2, -0.15) is 4.31 Å². The van der Waals surface area contributed by atoms with E-state index in [-0.39, 0.29) is 31.2 Å². The lowest BCUT2D eigenvalue weighted by molar-refractivity contribution is -0.133. The molecule has 1 aromatic carbocycles. The van der Waals surface area contributed by atoms with E-state index in [1.165, 1.54) is 15.1 Å². The van der Waals surface area contributed by atoms with E-state index in [1.807, 2.05) is 31.2 Å². The van der Waals surface area contributed by atoms with Crippen molar-refractivity contribution in [3.63, 3.8) is 0 Å². The van der Waals surface area contributed by atoms with Crippen molar-refractivity contribution >= 4 is 27.0 Å². The third kappa shape index (κ3) is 3.34. The number of benzene rings is 1. The van der Waals surface area contributed by atoms with Crippen molar-refractivity contribution < 1.29 is 13.2 Å². The second-order valence-electron chi connectivity index (χ2n) is 6.14. The summed E-state index contributed by atoms with van der Waals surface area (Å²) in [5.41, 5.74) is 1.34. The van der Waals surface area contributed by atoms with Crippen LogP contribution >= 0.6 is 0 Å². The van der Waals surface area contributed by atoms with Crippen molar-refractivity contribution in [3.8, 4) is 0 Å². The fraction of sp³-hybridized carbons (Fsp3) is 0.500. The number of hydrogen-bond acceptors (Lipinski definition) is 4. The number of piperazine rings is 1. The lowest BCUT2D eigenvalue weighted by Gasteiger charge is -2.33. The number of para-hydroxylation sites is 2. The van der Waals surface area contributed by atoms with Crippen LogP contribution in [0.15, 0.2) is 29.1 Å². The van der Waals surface area contributed by atoms with Crippen LogP contribution in [0.25, 0.3) is 11.0 Å². The highest BCUT2D eigenvalue weighted by Gasteiger charge is 2.26. The van der Waals surface area contributed by atoms with Gasteiger partial charge in [-0.05, 0) is 19.1 Å². The van der Waals surface area contributed by atoms with Crippen LogP contribution in [0.2, 0.25) is 0 Å². The second-order valence-corrected chi connectivity index (χ2v) is 8.13. The predicted octanol–water partition coefficient (Wildman–Crippen LogP) is -0.0733. The molecule has 1 aliphatic rings. The number of hydrogen-bond donors (Lipinski definition) is 0. The molecule has 0 bridgehead atoms. The third-order valence-electron chi connectivity index (χ3n) is 4.60. The maximum atomic E-state index is 12.6. The molecule has 25 heavy (non-hydrogen) atoms. The number of nitrogens with zero attached hydrogens (tertiary/aromatic N) is 4. The molecule has 1 fully saturated rings. The van der Waals surface area contributed by atoms with E-state index in [9.17, 15) is 18.0 Å². The lowest BCUT2D eigenvalue weighted by Crippen LogP contribution is -2.51. The largest absolute Gasteiger partial charge is 0.338 e. The van der Waals surface area contributed by atoms with Gasteiger partial charge in [0.2, 0.25) is 15.9 Å². The van der Waals surface area contributed by atoms with Gasteiger partial charge in [-0.1, -0.05) is 12.1 Å². The minimum absolute atomic E-state index is 0.0365. The molecule has 2 aromatic rings. The van der Waals surface area contributed by atoms with Crippen molar-refractivity contribution in [2.24, 2.45) is 0 Å². The van der Waals surface area contributed by atoms with E-state index in [4.69, 9.17) is 0 Å². The smallest absolute Gasteiger partial charge is 0.329 e. The van der Waals surface area contributed by atoms with Gasteiger partial charge in [0.05, 0.1) is 17.3 Å². The number of aryl methyl sites for hydroxylation is 1. The van der Waals surface area contributed by atoms with Crippen molar-refractivity contribution in [2.75, 3.05) is 32.4 Å². The summed E-state index contributed by atoms with van der Waals surface area (Å²) in [4.78, 5) is 26.8. The number of amides is 1. The number of carbonyl (C=O) groups excluding carboxylic acids is 1. The molecule has 8 nitrogen and oxygen atoms in total. The van der Waals surface area contributed by atoms with Crippen molar-refractivity contribution in [2.45, 2.75) is 20.0 Å². The maximum absolute atomic E-state index is 12.6. The first-order valence-corrected chi connectivity index (χ1v) is 10.1. The predicted molar refractivity (Wildman–Crippen MR) is 94.9 cm³/mol. The Morgan fingerprint density at radius 3 is 2.12 bits per heavy atom. The van der Waals surface area contributed by atoms with Crippen LogP contribution in [0.1, 0.15) is 6.92 Å². The minimum Gasteiger partial charge on any atom is -0.338 e. The van der Waals surface area contributed by atoms with Crippen LogP contribution in [0.4, 0.5) is 0 Å². The van der Waals surface area contributed by atoms with Gasteiger partial charge in [0.1, 0.15) is 6.54 Å². The summed E-state index contributed by atoms with van der Waals surface area (Å²) in [6.45, 7) is 3.65. The molecule has 0 N–H and O–H groups in total. The van der Waals surface area contributed by atoms with Gasteiger partial charge in [0, 0.05) is 32.7 Å². The quantitative estimate of drug-likeness (QED) is 0.758. The number of rotatable bonds is 4.